The Labute approximate surface area is 140 Å². The van der Waals surface area contributed by atoms with Crippen molar-refractivity contribution >= 4 is 27.5 Å². The summed E-state index contributed by atoms with van der Waals surface area (Å²) in [6, 6.07) is 14.8. The molecule has 0 aliphatic carbocycles. The molecule has 0 fully saturated rings. The first-order valence-corrected chi connectivity index (χ1v) is 8.52. The standard InChI is InChI=1S/C18H21BrClN/c1-3-11-21-18(12-14-7-4-5-10-17(14)20)15-8-6-9-16(19)13(15)2/h4-10,18,21H,3,11-12H2,1-2H3. The van der Waals surface area contributed by atoms with Gasteiger partial charge in [0.15, 0.2) is 0 Å². The second kappa shape index (κ2) is 7.98. The van der Waals surface area contributed by atoms with Crippen LogP contribution < -0.4 is 5.32 Å². The van der Waals surface area contributed by atoms with Gasteiger partial charge in [-0.05, 0) is 55.1 Å². The van der Waals surface area contributed by atoms with Crippen LogP contribution in [0.5, 0.6) is 0 Å². The Morgan fingerprint density at radius 2 is 1.90 bits per heavy atom. The third-order valence-electron chi connectivity index (χ3n) is 3.71. The van der Waals surface area contributed by atoms with E-state index in [-0.39, 0.29) is 6.04 Å². The summed E-state index contributed by atoms with van der Waals surface area (Å²) in [7, 11) is 0. The monoisotopic (exact) mass is 365 g/mol. The van der Waals surface area contributed by atoms with Gasteiger partial charge in [0.25, 0.3) is 0 Å². The normalized spacial score (nSPS) is 12.4. The largest absolute Gasteiger partial charge is 0.310 e. The zero-order valence-electron chi connectivity index (χ0n) is 12.5. The van der Waals surface area contributed by atoms with Gasteiger partial charge in [0.2, 0.25) is 0 Å². The van der Waals surface area contributed by atoms with Crippen LogP contribution in [0.25, 0.3) is 0 Å². The van der Waals surface area contributed by atoms with Crippen LogP contribution in [0.1, 0.15) is 36.1 Å². The van der Waals surface area contributed by atoms with Crippen LogP contribution >= 0.6 is 27.5 Å². The fourth-order valence-electron chi connectivity index (χ4n) is 2.50. The molecular weight excluding hydrogens is 346 g/mol. The quantitative estimate of drug-likeness (QED) is 0.692. The average molecular weight is 367 g/mol. The van der Waals surface area contributed by atoms with Gasteiger partial charge in [0.1, 0.15) is 0 Å². The lowest BCUT2D eigenvalue weighted by molar-refractivity contribution is 0.527. The van der Waals surface area contributed by atoms with Gasteiger partial charge in [-0.2, -0.15) is 0 Å². The molecule has 0 aliphatic heterocycles. The van der Waals surface area contributed by atoms with Crippen LogP contribution in [0.15, 0.2) is 46.9 Å². The molecule has 1 unspecified atom stereocenters. The average Bonchev–Trinajstić information content (AvgIpc) is 2.48. The Bertz CT molecular complexity index is 598. The van der Waals surface area contributed by atoms with E-state index < -0.39 is 0 Å². The van der Waals surface area contributed by atoms with Crippen molar-refractivity contribution in [3.8, 4) is 0 Å². The summed E-state index contributed by atoms with van der Waals surface area (Å²) in [6.07, 6.45) is 2.02. The Kier molecular flexibility index (Phi) is 6.28. The molecule has 0 spiro atoms. The van der Waals surface area contributed by atoms with Gasteiger partial charge in [-0.15, -0.1) is 0 Å². The Balaban J connectivity index is 2.30. The molecule has 2 aromatic rings. The van der Waals surface area contributed by atoms with Crippen molar-refractivity contribution in [2.45, 2.75) is 32.7 Å². The van der Waals surface area contributed by atoms with Crippen molar-refractivity contribution in [1.29, 1.82) is 0 Å². The van der Waals surface area contributed by atoms with Crippen molar-refractivity contribution < 1.29 is 0 Å². The van der Waals surface area contributed by atoms with Crippen molar-refractivity contribution in [3.63, 3.8) is 0 Å². The van der Waals surface area contributed by atoms with E-state index >= 15 is 0 Å². The molecule has 0 aliphatic rings. The minimum absolute atomic E-state index is 0.280. The van der Waals surface area contributed by atoms with Gasteiger partial charge in [0.05, 0.1) is 0 Å². The molecule has 3 heteroatoms. The van der Waals surface area contributed by atoms with Gasteiger partial charge in [-0.1, -0.05) is 64.8 Å². The number of benzene rings is 2. The van der Waals surface area contributed by atoms with E-state index in [1.807, 2.05) is 18.2 Å². The van der Waals surface area contributed by atoms with Crippen LogP contribution in [0.4, 0.5) is 0 Å². The third-order valence-corrected chi connectivity index (χ3v) is 4.94. The third kappa shape index (κ3) is 4.32. The highest BCUT2D eigenvalue weighted by Gasteiger charge is 2.16. The molecule has 0 bridgehead atoms. The molecule has 2 aromatic carbocycles. The molecule has 112 valence electrons. The fourth-order valence-corrected chi connectivity index (χ4v) is 3.09. The minimum Gasteiger partial charge on any atom is -0.310 e. The van der Waals surface area contributed by atoms with Crippen LogP contribution in [0, 0.1) is 6.92 Å². The van der Waals surface area contributed by atoms with E-state index in [4.69, 9.17) is 11.6 Å². The van der Waals surface area contributed by atoms with Crippen molar-refractivity contribution in [3.05, 3.63) is 68.7 Å². The first-order chi connectivity index (χ1) is 10.1. The lowest BCUT2D eigenvalue weighted by Gasteiger charge is -2.22. The zero-order valence-corrected chi connectivity index (χ0v) is 14.8. The van der Waals surface area contributed by atoms with E-state index in [1.54, 1.807) is 0 Å². The molecule has 0 amide bonds. The first-order valence-electron chi connectivity index (χ1n) is 7.35. The second-order valence-corrected chi connectivity index (χ2v) is 6.52. The number of rotatable bonds is 6. The van der Waals surface area contributed by atoms with Gasteiger partial charge in [-0.3, -0.25) is 0 Å². The van der Waals surface area contributed by atoms with Crippen molar-refractivity contribution in [2.75, 3.05) is 6.54 Å². The van der Waals surface area contributed by atoms with E-state index in [2.05, 4.69) is 59.4 Å². The summed E-state index contributed by atoms with van der Waals surface area (Å²) in [5, 5.41) is 4.49. The van der Waals surface area contributed by atoms with Crippen molar-refractivity contribution in [2.24, 2.45) is 0 Å². The summed E-state index contributed by atoms with van der Waals surface area (Å²) in [4.78, 5) is 0. The highest BCUT2D eigenvalue weighted by molar-refractivity contribution is 9.10. The summed E-state index contributed by atoms with van der Waals surface area (Å²) in [5.41, 5.74) is 3.81. The summed E-state index contributed by atoms with van der Waals surface area (Å²) in [5.74, 6) is 0. The maximum absolute atomic E-state index is 6.32. The Hall–Kier alpha value is -0.830. The lowest BCUT2D eigenvalue weighted by atomic mass is 9.95. The molecule has 0 radical (unpaired) electrons. The van der Waals surface area contributed by atoms with Crippen LogP contribution in [-0.4, -0.2) is 6.54 Å². The molecule has 1 nitrogen and oxygen atoms in total. The molecule has 0 saturated carbocycles. The molecule has 0 aromatic heterocycles. The molecule has 2 rings (SSSR count). The number of nitrogens with one attached hydrogen (secondary N) is 1. The van der Waals surface area contributed by atoms with Crippen LogP contribution in [0.2, 0.25) is 5.02 Å². The topological polar surface area (TPSA) is 12.0 Å². The summed E-state index contributed by atoms with van der Waals surface area (Å²) < 4.78 is 1.16. The predicted octanol–water partition coefficient (Wildman–Crippen LogP) is 5.69. The smallest absolute Gasteiger partial charge is 0.0438 e. The number of halogens is 2. The molecular formula is C18H21BrClN. The molecule has 1 atom stereocenters. The Morgan fingerprint density at radius 3 is 2.62 bits per heavy atom. The van der Waals surface area contributed by atoms with E-state index in [9.17, 15) is 0 Å². The van der Waals surface area contributed by atoms with E-state index in [0.29, 0.717) is 0 Å². The van der Waals surface area contributed by atoms with Gasteiger partial charge < -0.3 is 5.32 Å². The minimum atomic E-state index is 0.280. The summed E-state index contributed by atoms with van der Waals surface area (Å²) in [6.45, 7) is 5.35. The van der Waals surface area contributed by atoms with Crippen LogP contribution in [-0.2, 0) is 6.42 Å². The highest BCUT2D eigenvalue weighted by atomic mass is 79.9. The first kappa shape index (κ1) is 16.5. The summed E-state index contributed by atoms with van der Waals surface area (Å²) >= 11 is 9.95. The fraction of sp³-hybridized carbons (Fsp3) is 0.333. The SMILES string of the molecule is CCCNC(Cc1ccccc1Cl)c1cccc(Br)c1C. The van der Waals surface area contributed by atoms with Crippen molar-refractivity contribution in [1.82, 2.24) is 5.32 Å². The van der Waals surface area contributed by atoms with Gasteiger partial charge in [0, 0.05) is 15.5 Å². The number of hydrogen-bond acceptors (Lipinski definition) is 1. The van der Waals surface area contributed by atoms with E-state index in [0.717, 1.165) is 28.9 Å². The van der Waals surface area contributed by atoms with E-state index in [1.165, 1.54) is 16.7 Å². The molecule has 1 N–H and O–H groups in total. The second-order valence-electron chi connectivity index (χ2n) is 5.26. The molecule has 21 heavy (non-hydrogen) atoms. The molecule has 0 saturated heterocycles. The van der Waals surface area contributed by atoms with Crippen LogP contribution in [0.3, 0.4) is 0 Å². The lowest BCUT2D eigenvalue weighted by Crippen LogP contribution is -2.25. The maximum atomic E-state index is 6.32. The predicted molar refractivity (Wildman–Crippen MR) is 95.1 cm³/mol. The number of hydrogen-bond donors (Lipinski definition) is 1. The Morgan fingerprint density at radius 1 is 1.14 bits per heavy atom. The maximum Gasteiger partial charge on any atom is 0.0438 e. The zero-order chi connectivity index (χ0) is 15.2. The van der Waals surface area contributed by atoms with Gasteiger partial charge in [-0.25, -0.2) is 0 Å². The highest BCUT2D eigenvalue weighted by Crippen LogP contribution is 2.28. The van der Waals surface area contributed by atoms with Gasteiger partial charge >= 0.3 is 0 Å². The molecule has 0 heterocycles.